The number of carboxylic acid groups (broad SMARTS) is 2. The topological polar surface area (TPSA) is 261 Å². The minimum atomic E-state index is -1.87. The molecule has 0 bridgehead atoms. The Morgan fingerprint density at radius 3 is 1.53 bits per heavy atom. The molecule has 0 radical (unpaired) electrons. The molecule has 0 amide bonds. The largest absolute Gasteiger partial charge is 0.479 e. The van der Waals surface area contributed by atoms with Crippen LogP contribution in [0, 0.1) is 0 Å². The van der Waals surface area contributed by atoms with Crippen LogP contribution in [-0.4, -0.2) is 160 Å². The summed E-state index contributed by atoms with van der Waals surface area (Å²) in [6.07, 6.45) is -24.1. The number of aliphatic hydroxyl groups excluding tert-OH is 6. The molecular formula is C19H30O17. The predicted octanol–water partition coefficient (Wildman–Crippen LogP) is -5.44. The Kier molecular flexibility index (Phi) is 9.55. The summed E-state index contributed by atoms with van der Waals surface area (Å²) in [5.41, 5.74) is 0. The summed E-state index contributed by atoms with van der Waals surface area (Å²) in [5, 5.41) is 80.6. The first-order chi connectivity index (χ1) is 16.9. The minimum Gasteiger partial charge on any atom is -0.479 e. The van der Waals surface area contributed by atoms with Gasteiger partial charge in [-0.1, -0.05) is 0 Å². The molecule has 3 aliphatic heterocycles. The number of aliphatic hydroxyl groups is 6. The van der Waals surface area contributed by atoms with E-state index in [-0.39, 0.29) is 0 Å². The Labute approximate surface area is 203 Å². The zero-order valence-corrected chi connectivity index (χ0v) is 19.0. The van der Waals surface area contributed by atoms with Crippen molar-refractivity contribution in [3.8, 4) is 0 Å². The third-order valence-corrected chi connectivity index (χ3v) is 6.15. The van der Waals surface area contributed by atoms with Gasteiger partial charge in [-0.15, -0.1) is 0 Å². The van der Waals surface area contributed by atoms with Crippen molar-refractivity contribution >= 4 is 11.9 Å². The van der Waals surface area contributed by atoms with E-state index in [1.165, 1.54) is 0 Å². The highest BCUT2D eigenvalue weighted by atomic mass is 16.8. The van der Waals surface area contributed by atoms with Crippen molar-refractivity contribution in [3.05, 3.63) is 0 Å². The van der Waals surface area contributed by atoms with Crippen molar-refractivity contribution < 1.29 is 83.6 Å². The van der Waals surface area contributed by atoms with E-state index in [1.54, 1.807) is 0 Å². The van der Waals surface area contributed by atoms with Crippen LogP contribution in [0.1, 0.15) is 0 Å². The Morgan fingerprint density at radius 1 is 0.667 bits per heavy atom. The maximum atomic E-state index is 11.5. The Hall–Kier alpha value is -1.58. The van der Waals surface area contributed by atoms with Crippen LogP contribution in [-0.2, 0) is 42.7 Å². The van der Waals surface area contributed by atoms with E-state index < -0.39 is 105 Å². The maximum absolute atomic E-state index is 11.5. The van der Waals surface area contributed by atoms with Crippen molar-refractivity contribution in [3.63, 3.8) is 0 Å². The van der Waals surface area contributed by atoms with E-state index in [4.69, 9.17) is 33.2 Å². The van der Waals surface area contributed by atoms with Gasteiger partial charge in [0.05, 0.1) is 6.61 Å². The monoisotopic (exact) mass is 530 g/mol. The highest BCUT2D eigenvalue weighted by molar-refractivity contribution is 5.74. The normalized spacial score (nSPS) is 47.9. The predicted molar refractivity (Wildman–Crippen MR) is 106 cm³/mol. The van der Waals surface area contributed by atoms with Gasteiger partial charge >= 0.3 is 11.9 Å². The van der Waals surface area contributed by atoms with Crippen molar-refractivity contribution in [2.45, 2.75) is 86.0 Å². The molecule has 3 heterocycles. The van der Waals surface area contributed by atoms with Crippen molar-refractivity contribution in [1.82, 2.24) is 0 Å². The van der Waals surface area contributed by atoms with Gasteiger partial charge in [0.1, 0.15) is 54.9 Å². The number of carbonyl (C=O) groups is 2. The smallest absolute Gasteiger partial charge is 0.335 e. The van der Waals surface area contributed by atoms with Crippen LogP contribution >= 0.6 is 0 Å². The summed E-state index contributed by atoms with van der Waals surface area (Å²) < 4.78 is 35.9. The average molecular weight is 530 g/mol. The second-order valence-electron chi connectivity index (χ2n) is 8.38. The first-order valence-electron chi connectivity index (χ1n) is 10.8. The molecule has 0 aromatic carbocycles. The van der Waals surface area contributed by atoms with Crippen molar-refractivity contribution in [2.75, 3.05) is 20.8 Å². The van der Waals surface area contributed by atoms with Crippen molar-refractivity contribution in [1.29, 1.82) is 0 Å². The molecule has 0 saturated carbocycles. The lowest BCUT2D eigenvalue weighted by Gasteiger charge is -2.45. The van der Waals surface area contributed by atoms with E-state index in [0.717, 1.165) is 14.2 Å². The Balaban J connectivity index is 1.72. The van der Waals surface area contributed by atoms with Crippen LogP contribution in [0.5, 0.6) is 0 Å². The molecule has 0 spiro atoms. The number of hydrogen-bond acceptors (Lipinski definition) is 15. The molecule has 3 saturated heterocycles. The summed E-state index contributed by atoms with van der Waals surface area (Å²) in [5.74, 6) is -3.07. The van der Waals surface area contributed by atoms with Crippen LogP contribution in [0.25, 0.3) is 0 Å². The molecule has 208 valence electrons. The summed E-state index contributed by atoms with van der Waals surface area (Å²) in [4.78, 5) is 23.0. The molecule has 14 atom stereocenters. The lowest BCUT2D eigenvalue weighted by atomic mass is 9.97. The third kappa shape index (κ3) is 5.63. The van der Waals surface area contributed by atoms with Gasteiger partial charge in [-0.2, -0.15) is 0 Å². The number of methoxy groups -OCH3 is 2. The number of carboxylic acids is 2. The molecule has 0 aliphatic carbocycles. The summed E-state index contributed by atoms with van der Waals surface area (Å²) >= 11 is 0. The lowest BCUT2D eigenvalue weighted by molar-refractivity contribution is -0.366. The fraction of sp³-hybridized carbons (Fsp3) is 0.895. The highest BCUT2D eigenvalue weighted by Gasteiger charge is 2.53. The number of ether oxygens (including phenoxy) is 7. The highest BCUT2D eigenvalue weighted by Crippen LogP contribution is 2.31. The minimum absolute atomic E-state index is 0.517. The van der Waals surface area contributed by atoms with Crippen LogP contribution in [0.15, 0.2) is 0 Å². The van der Waals surface area contributed by atoms with Gasteiger partial charge in [-0.25, -0.2) is 9.59 Å². The molecule has 3 fully saturated rings. The molecule has 17 heteroatoms. The van der Waals surface area contributed by atoms with E-state index in [0.29, 0.717) is 0 Å². The van der Waals surface area contributed by atoms with Gasteiger partial charge in [0.2, 0.25) is 0 Å². The van der Waals surface area contributed by atoms with Crippen LogP contribution in [0.2, 0.25) is 0 Å². The number of aliphatic carboxylic acids is 2. The zero-order chi connectivity index (χ0) is 26.9. The summed E-state index contributed by atoms with van der Waals surface area (Å²) in [6, 6.07) is 0. The second kappa shape index (κ2) is 11.9. The molecule has 1 unspecified atom stereocenters. The van der Waals surface area contributed by atoms with Crippen molar-refractivity contribution in [2.24, 2.45) is 0 Å². The fourth-order valence-electron chi connectivity index (χ4n) is 4.18. The van der Waals surface area contributed by atoms with E-state index in [2.05, 4.69) is 0 Å². The summed E-state index contributed by atoms with van der Waals surface area (Å²) in [6.45, 7) is -0.517. The molecule has 36 heavy (non-hydrogen) atoms. The molecule has 3 rings (SSSR count). The molecular weight excluding hydrogens is 500 g/mol. The Morgan fingerprint density at radius 2 is 1.11 bits per heavy atom. The molecule has 0 aromatic heterocycles. The quantitative estimate of drug-likeness (QED) is 0.145. The Bertz CT molecular complexity index is 766. The van der Waals surface area contributed by atoms with Gasteiger partial charge in [0.25, 0.3) is 0 Å². The van der Waals surface area contributed by atoms with Gasteiger partial charge in [-0.05, 0) is 0 Å². The molecule has 3 aliphatic rings. The van der Waals surface area contributed by atoms with E-state index in [9.17, 15) is 50.4 Å². The second-order valence-corrected chi connectivity index (χ2v) is 8.38. The average Bonchev–Trinajstić information content (AvgIpc) is 2.83. The molecule has 17 nitrogen and oxygen atoms in total. The first kappa shape index (κ1) is 29.0. The standard InChI is InChI=1S/C19H30O17/c1-30-10-6(21)8(23)18(35-13(10)15(25)26)33-4-3-32-17(29)12(5(4)20)34-19-9(24)7(22)11(31-2)14(36-19)16(27)28/h4-14,17-24,29H,3H2,1-2H3,(H,25,26)(H,27,28)/t4-,5+,6-,7-,8-,9-,10+,11+,12-,13+,14+,17?,18-,19+/m1/s1. The van der Waals surface area contributed by atoms with Crippen LogP contribution < -0.4 is 0 Å². The van der Waals surface area contributed by atoms with Crippen LogP contribution in [0.3, 0.4) is 0 Å². The van der Waals surface area contributed by atoms with Crippen LogP contribution in [0.4, 0.5) is 0 Å². The fourth-order valence-corrected chi connectivity index (χ4v) is 4.18. The van der Waals surface area contributed by atoms with E-state index >= 15 is 0 Å². The van der Waals surface area contributed by atoms with Gasteiger partial charge in [-0.3, -0.25) is 0 Å². The van der Waals surface area contributed by atoms with Gasteiger partial charge in [0.15, 0.2) is 31.1 Å². The van der Waals surface area contributed by atoms with Gasteiger partial charge < -0.3 is 74.0 Å². The third-order valence-electron chi connectivity index (χ3n) is 6.15. The number of rotatable bonds is 8. The molecule has 0 aromatic rings. The summed E-state index contributed by atoms with van der Waals surface area (Å²) in [7, 11) is 2.19. The van der Waals surface area contributed by atoms with E-state index in [1.807, 2.05) is 0 Å². The first-order valence-corrected chi connectivity index (χ1v) is 10.8. The zero-order valence-electron chi connectivity index (χ0n) is 19.0. The SMILES string of the molecule is CO[C@H]1[C@H](O)[C@@H](O)[C@@H](O[C@H]2C(O)OC[C@@H](O[C@@H]3O[C@H](C(=O)O)[C@@H](OC)[C@H](O)[C@H]3O)[C@@H]2O)O[C@@H]1C(=O)O. The maximum Gasteiger partial charge on any atom is 0.335 e. The molecule has 8 N–H and O–H groups in total. The van der Waals surface area contributed by atoms with Gasteiger partial charge in [0, 0.05) is 14.2 Å². The lowest BCUT2D eigenvalue weighted by Crippen LogP contribution is -2.65. The number of hydrogen-bond donors (Lipinski definition) is 8.